The summed E-state index contributed by atoms with van der Waals surface area (Å²) in [5.74, 6) is 1.78. The highest BCUT2D eigenvalue weighted by Crippen LogP contribution is 2.25. The molecule has 0 N–H and O–H groups in total. The zero-order chi connectivity index (χ0) is 10.8. The third-order valence-electron chi connectivity index (χ3n) is 2.40. The van der Waals surface area contributed by atoms with Crippen molar-refractivity contribution in [1.29, 1.82) is 0 Å². The number of rotatable bonds is 2. The normalized spacial score (nSPS) is 10.6. The molecule has 1 aromatic carbocycles. The van der Waals surface area contributed by atoms with E-state index in [-0.39, 0.29) is 0 Å². The first-order chi connectivity index (χ1) is 7.24. The second kappa shape index (κ2) is 4.03. The second-order valence-electron chi connectivity index (χ2n) is 3.33. The predicted octanol–water partition coefficient (Wildman–Crippen LogP) is 2.70. The van der Waals surface area contributed by atoms with Gasteiger partial charge in [0.05, 0.1) is 5.02 Å². The summed E-state index contributed by atoms with van der Waals surface area (Å²) in [5.41, 5.74) is 0.925. The average molecular weight is 222 g/mol. The SMILES string of the molecule is CCc1nnc(-c2ccccc2Cl)n1C. The van der Waals surface area contributed by atoms with Crippen molar-refractivity contribution >= 4 is 11.6 Å². The molecule has 0 saturated heterocycles. The summed E-state index contributed by atoms with van der Waals surface area (Å²) in [4.78, 5) is 0. The molecule has 15 heavy (non-hydrogen) atoms. The predicted molar refractivity (Wildman–Crippen MR) is 60.8 cm³/mol. The molecule has 0 aliphatic heterocycles. The van der Waals surface area contributed by atoms with E-state index >= 15 is 0 Å². The van der Waals surface area contributed by atoms with Crippen molar-refractivity contribution in [2.24, 2.45) is 7.05 Å². The van der Waals surface area contributed by atoms with Gasteiger partial charge < -0.3 is 4.57 Å². The van der Waals surface area contributed by atoms with Gasteiger partial charge in [-0.05, 0) is 12.1 Å². The lowest BCUT2D eigenvalue weighted by Gasteiger charge is -2.03. The first kappa shape index (κ1) is 10.2. The Morgan fingerprint density at radius 1 is 1.27 bits per heavy atom. The largest absolute Gasteiger partial charge is 0.314 e. The summed E-state index contributed by atoms with van der Waals surface area (Å²) >= 11 is 6.10. The lowest BCUT2D eigenvalue weighted by atomic mass is 10.2. The number of hydrogen-bond acceptors (Lipinski definition) is 2. The van der Waals surface area contributed by atoms with Crippen molar-refractivity contribution < 1.29 is 0 Å². The number of halogens is 1. The Morgan fingerprint density at radius 3 is 2.60 bits per heavy atom. The maximum absolute atomic E-state index is 6.10. The van der Waals surface area contributed by atoms with Gasteiger partial charge in [-0.3, -0.25) is 0 Å². The van der Waals surface area contributed by atoms with Crippen LogP contribution in [-0.2, 0) is 13.5 Å². The van der Waals surface area contributed by atoms with Gasteiger partial charge in [0.25, 0.3) is 0 Å². The molecule has 2 aromatic rings. The fraction of sp³-hybridized carbons (Fsp3) is 0.273. The van der Waals surface area contributed by atoms with Gasteiger partial charge in [-0.2, -0.15) is 0 Å². The molecule has 0 fully saturated rings. The molecule has 0 aliphatic rings. The van der Waals surface area contributed by atoms with Crippen LogP contribution in [0, 0.1) is 0 Å². The molecule has 4 heteroatoms. The Kier molecular flexibility index (Phi) is 2.73. The van der Waals surface area contributed by atoms with Gasteiger partial charge in [0.15, 0.2) is 5.82 Å². The van der Waals surface area contributed by atoms with Crippen molar-refractivity contribution in [2.75, 3.05) is 0 Å². The van der Waals surface area contributed by atoms with E-state index in [1.807, 2.05) is 35.9 Å². The Bertz CT molecular complexity index is 476. The number of nitrogens with zero attached hydrogens (tertiary/aromatic N) is 3. The molecule has 0 bridgehead atoms. The fourth-order valence-electron chi connectivity index (χ4n) is 1.55. The fourth-order valence-corrected chi connectivity index (χ4v) is 1.77. The number of benzene rings is 1. The van der Waals surface area contributed by atoms with Crippen molar-refractivity contribution in [3.8, 4) is 11.4 Å². The standard InChI is InChI=1S/C11H12ClN3/c1-3-10-13-14-11(15(10)2)8-6-4-5-7-9(8)12/h4-7H,3H2,1-2H3. The van der Waals surface area contributed by atoms with Crippen LogP contribution in [-0.4, -0.2) is 14.8 Å². The van der Waals surface area contributed by atoms with Crippen molar-refractivity contribution in [2.45, 2.75) is 13.3 Å². The molecule has 78 valence electrons. The van der Waals surface area contributed by atoms with Gasteiger partial charge >= 0.3 is 0 Å². The lowest BCUT2D eigenvalue weighted by molar-refractivity contribution is 0.812. The second-order valence-corrected chi connectivity index (χ2v) is 3.74. The van der Waals surface area contributed by atoms with Crippen LogP contribution in [0.2, 0.25) is 5.02 Å². The Labute approximate surface area is 93.7 Å². The maximum Gasteiger partial charge on any atom is 0.165 e. The lowest BCUT2D eigenvalue weighted by Crippen LogP contribution is -1.98. The quantitative estimate of drug-likeness (QED) is 0.781. The van der Waals surface area contributed by atoms with Crippen LogP contribution in [0.3, 0.4) is 0 Å². The van der Waals surface area contributed by atoms with E-state index in [4.69, 9.17) is 11.6 Å². The van der Waals surface area contributed by atoms with Gasteiger partial charge in [0.2, 0.25) is 0 Å². The summed E-state index contributed by atoms with van der Waals surface area (Å²) < 4.78 is 1.97. The highest BCUT2D eigenvalue weighted by Gasteiger charge is 2.11. The molecule has 3 nitrogen and oxygen atoms in total. The first-order valence-corrected chi connectivity index (χ1v) is 5.25. The summed E-state index contributed by atoms with van der Waals surface area (Å²) in [5, 5.41) is 8.96. The van der Waals surface area contributed by atoms with Crippen molar-refractivity contribution in [3.05, 3.63) is 35.1 Å². The van der Waals surface area contributed by atoms with E-state index in [1.165, 1.54) is 0 Å². The summed E-state index contributed by atoms with van der Waals surface area (Å²) in [7, 11) is 1.96. The van der Waals surface area contributed by atoms with Gasteiger partial charge in [0.1, 0.15) is 5.82 Å². The molecule has 1 heterocycles. The van der Waals surface area contributed by atoms with Crippen LogP contribution in [0.25, 0.3) is 11.4 Å². The van der Waals surface area contributed by atoms with Crippen LogP contribution >= 0.6 is 11.6 Å². The minimum absolute atomic E-state index is 0.704. The van der Waals surface area contributed by atoms with E-state index < -0.39 is 0 Å². The maximum atomic E-state index is 6.10. The van der Waals surface area contributed by atoms with Crippen LogP contribution in [0.4, 0.5) is 0 Å². The summed E-state index contributed by atoms with van der Waals surface area (Å²) in [6.07, 6.45) is 0.869. The van der Waals surface area contributed by atoms with Crippen LogP contribution < -0.4 is 0 Å². The van der Waals surface area contributed by atoms with Crippen molar-refractivity contribution in [1.82, 2.24) is 14.8 Å². The van der Waals surface area contributed by atoms with E-state index in [1.54, 1.807) is 0 Å². The van der Waals surface area contributed by atoms with Gasteiger partial charge in [-0.25, -0.2) is 0 Å². The molecule has 0 spiro atoms. The Balaban J connectivity index is 2.55. The Morgan fingerprint density at radius 2 is 2.00 bits per heavy atom. The molecular formula is C11H12ClN3. The molecule has 0 aliphatic carbocycles. The monoisotopic (exact) mass is 221 g/mol. The summed E-state index contributed by atoms with van der Waals surface area (Å²) in [6.45, 7) is 2.06. The van der Waals surface area contributed by atoms with Crippen molar-refractivity contribution in [3.63, 3.8) is 0 Å². The van der Waals surface area contributed by atoms with E-state index in [0.29, 0.717) is 5.02 Å². The molecule has 2 rings (SSSR count). The minimum atomic E-state index is 0.704. The van der Waals surface area contributed by atoms with Gasteiger partial charge in [-0.1, -0.05) is 30.7 Å². The number of aryl methyl sites for hydroxylation is 1. The first-order valence-electron chi connectivity index (χ1n) is 4.87. The molecular weight excluding hydrogens is 210 g/mol. The summed E-state index contributed by atoms with van der Waals surface area (Å²) in [6, 6.07) is 7.66. The van der Waals surface area contributed by atoms with Gasteiger partial charge in [0, 0.05) is 19.0 Å². The molecule has 0 saturated carbocycles. The highest BCUT2D eigenvalue weighted by atomic mass is 35.5. The highest BCUT2D eigenvalue weighted by molar-refractivity contribution is 6.33. The third-order valence-corrected chi connectivity index (χ3v) is 2.73. The molecule has 0 atom stereocenters. The van der Waals surface area contributed by atoms with E-state index in [9.17, 15) is 0 Å². The van der Waals surface area contributed by atoms with Gasteiger partial charge in [-0.15, -0.1) is 10.2 Å². The van der Waals surface area contributed by atoms with Crippen LogP contribution in [0.1, 0.15) is 12.7 Å². The molecule has 0 amide bonds. The Hall–Kier alpha value is -1.35. The average Bonchev–Trinajstić information content (AvgIpc) is 2.60. The molecule has 0 unspecified atom stereocenters. The van der Waals surface area contributed by atoms with Crippen LogP contribution in [0.15, 0.2) is 24.3 Å². The topological polar surface area (TPSA) is 30.7 Å². The third kappa shape index (κ3) is 1.75. The number of aromatic nitrogens is 3. The number of hydrogen-bond donors (Lipinski definition) is 0. The van der Waals surface area contributed by atoms with E-state index in [2.05, 4.69) is 17.1 Å². The molecule has 1 aromatic heterocycles. The van der Waals surface area contributed by atoms with E-state index in [0.717, 1.165) is 23.6 Å². The minimum Gasteiger partial charge on any atom is -0.314 e. The zero-order valence-corrected chi connectivity index (χ0v) is 9.49. The smallest absolute Gasteiger partial charge is 0.165 e. The van der Waals surface area contributed by atoms with Crippen LogP contribution in [0.5, 0.6) is 0 Å². The zero-order valence-electron chi connectivity index (χ0n) is 8.74. The molecule has 0 radical (unpaired) electrons.